The summed E-state index contributed by atoms with van der Waals surface area (Å²) in [4.78, 5) is 26.9. The van der Waals surface area contributed by atoms with E-state index in [-0.39, 0.29) is 5.91 Å². The van der Waals surface area contributed by atoms with Gasteiger partial charge in [-0.3, -0.25) is 9.36 Å². The monoisotopic (exact) mass is 351 g/mol. The van der Waals surface area contributed by atoms with Gasteiger partial charge in [-0.2, -0.15) is 0 Å². The molecule has 6 heteroatoms. The number of aromatic nitrogens is 1. The summed E-state index contributed by atoms with van der Waals surface area (Å²) < 4.78 is 6.93. The van der Waals surface area contributed by atoms with Crippen LogP contribution in [0.2, 0.25) is 0 Å². The smallest absolute Gasteiger partial charge is 0.408 e. The fourth-order valence-electron chi connectivity index (χ4n) is 3.27. The number of amides is 1. The molecule has 0 atom stereocenters. The second kappa shape index (κ2) is 6.80. The molecule has 0 spiro atoms. The molecule has 1 aromatic heterocycles. The number of aryl methyl sites for hydroxylation is 1. The number of carbonyl (C=O) groups is 1. The fraction of sp³-hybridized carbons (Fsp3) is 0.300. The van der Waals surface area contributed by atoms with Gasteiger partial charge in [-0.05, 0) is 30.7 Å². The first kappa shape index (κ1) is 16.6. The minimum absolute atomic E-state index is 0.0102. The molecule has 4 rings (SSSR count). The minimum atomic E-state index is -0.410. The first-order chi connectivity index (χ1) is 12.6. The molecule has 1 amide bonds. The molecule has 0 unspecified atom stereocenters. The molecule has 0 bridgehead atoms. The third-order valence-corrected chi connectivity index (χ3v) is 4.78. The molecule has 0 radical (unpaired) electrons. The second-order valence-electron chi connectivity index (χ2n) is 6.66. The molecule has 3 aromatic rings. The van der Waals surface area contributed by atoms with Gasteiger partial charge in [0.2, 0.25) is 0 Å². The van der Waals surface area contributed by atoms with Gasteiger partial charge in [-0.25, -0.2) is 4.79 Å². The van der Waals surface area contributed by atoms with Crippen LogP contribution in [0.15, 0.2) is 51.7 Å². The predicted molar refractivity (Wildman–Crippen MR) is 99.5 cm³/mol. The molecule has 1 aliphatic heterocycles. The lowest BCUT2D eigenvalue weighted by Gasteiger charge is -2.27. The Morgan fingerprint density at radius 2 is 1.85 bits per heavy atom. The van der Waals surface area contributed by atoms with Crippen LogP contribution in [0.5, 0.6) is 0 Å². The van der Waals surface area contributed by atoms with E-state index >= 15 is 0 Å². The van der Waals surface area contributed by atoms with Crippen molar-refractivity contribution in [1.29, 1.82) is 0 Å². The van der Waals surface area contributed by atoms with Gasteiger partial charge in [0.1, 0.15) is 0 Å². The highest BCUT2D eigenvalue weighted by Crippen LogP contribution is 2.18. The van der Waals surface area contributed by atoms with Crippen LogP contribution in [0.3, 0.4) is 0 Å². The Morgan fingerprint density at radius 3 is 2.58 bits per heavy atom. The maximum atomic E-state index is 12.7. The van der Waals surface area contributed by atoms with Crippen molar-refractivity contribution in [3.05, 3.63) is 69.7 Å². The molecule has 6 nitrogen and oxygen atoms in total. The van der Waals surface area contributed by atoms with Crippen molar-refractivity contribution in [3.8, 4) is 0 Å². The molecule has 1 fully saturated rings. The van der Waals surface area contributed by atoms with Crippen LogP contribution in [-0.2, 0) is 6.54 Å². The van der Waals surface area contributed by atoms with Crippen LogP contribution >= 0.6 is 0 Å². The van der Waals surface area contributed by atoms with Crippen molar-refractivity contribution < 1.29 is 9.21 Å². The normalized spacial score (nSPS) is 14.7. The third kappa shape index (κ3) is 3.15. The summed E-state index contributed by atoms with van der Waals surface area (Å²) in [6, 6.07) is 13.2. The van der Waals surface area contributed by atoms with Crippen molar-refractivity contribution in [2.45, 2.75) is 13.5 Å². The van der Waals surface area contributed by atoms with E-state index < -0.39 is 5.76 Å². The van der Waals surface area contributed by atoms with E-state index in [9.17, 15) is 9.59 Å². The maximum absolute atomic E-state index is 12.7. The number of carbonyl (C=O) groups excluding carboxylic acids is 1. The van der Waals surface area contributed by atoms with Gasteiger partial charge in [-0.1, -0.05) is 29.8 Å². The molecule has 26 heavy (non-hydrogen) atoms. The number of oxazole rings is 1. The Kier molecular flexibility index (Phi) is 4.34. The van der Waals surface area contributed by atoms with Gasteiger partial charge in [0.25, 0.3) is 5.91 Å². The van der Waals surface area contributed by atoms with Crippen LogP contribution < -0.4 is 11.1 Å². The zero-order chi connectivity index (χ0) is 18.1. The average molecular weight is 351 g/mol. The molecule has 1 aliphatic rings. The van der Waals surface area contributed by atoms with Crippen LogP contribution in [0.25, 0.3) is 11.1 Å². The molecule has 134 valence electrons. The Balaban J connectivity index is 1.69. The number of fused-ring (bicyclic) bond motifs is 1. The summed E-state index contributed by atoms with van der Waals surface area (Å²) in [5.74, 6) is -0.420. The van der Waals surface area contributed by atoms with Crippen LogP contribution in [-0.4, -0.2) is 41.6 Å². The number of hydrogen-bond acceptors (Lipinski definition) is 4. The third-order valence-electron chi connectivity index (χ3n) is 4.78. The molecular formula is C20H21N3O3. The van der Waals surface area contributed by atoms with Gasteiger partial charge >= 0.3 is 5.76 Å². The first-order valence-corrected chi connectivity index (χ1v) is 8.81. The van der Waals surface area contributed by atoms with Crippen molar-refractivity contribution in [1.82, 2.24) is 14.8 Å². The number of nitrogens with one attached hydrogen (secondary N) is 1. The highest BCUT2D eigenvalue weighted by Gasteiger charge is 2.19. The van der Waals surface area contributed by atoms with Gasteiger partial charge in [0.05, 0.1) is 12.1 Å². The quantitative estimate of drug-likeness (QED) is 0.784. The largest absolute Gasteiger partial charge is 0.420 e. The van der Waals surface area contributed by atoms with Crippen LogP contribution in [0.4, 0.5) is 0 Å². The topological polar surface area (TPSA) is 67.5 Å². The number of piperazine rings is 1. The van der Waals surface area contributed by atoms with Gasteiger partial charge in [0, 0.05) is 31.7 Å². The Morgan fingerprint density at radius 1 is 1.12 bits per heavy atom. The lowest BCUT2D eigenvalue weighted by Crippen LogP contribution is -2.46. The molecule has 2 heterocycles. The van der Waals surface area contributed by atoms with Crippen molar-refractivity contribution in [2.75, 3.05) is 26.2 Å². The molecule has 1 saturated heterocycles. The summed E-state index contributed by atoms with van der Waals surface area (Å²) in [6.07, 6.45) is 0. The van der Waals surface area contributed by atoms with E-state index in [0.29, 0.717) is 36.3 Å². The molecule has 0 aliphatic carbocycles. The first-order valence-electron chi connectivity index (χ1n) is 8.81. The van der Waals surface area contributed by atoms with Crippen LogP contribution in [0, 0.1) is 6.92 Å². The van der Waals surface area contributed by atoms with Gasteiger partial charge < -0.3 is 14.6 Å². The van der Waals surface area contributed by atoms with Crippen molar-refractivity contribution >= 4 is 17.0 Å². The maximum Gasteiger partial charge on any atom is 0.420 e. The molecule has 0 saturated carbocycles. The van der Waals surface area contributed by atoms with Gasteiger partial charge in [0.15, 0.2) is 5.58 Å². The average Bonchev–Trinajstić information content (AvgIpc) is 2.98. The molecular weight excluding hydrogens is 330 g/mol. The summed E-state index contributed by atoms with van der Waals surface area (Å²) in [7, 11) is 0. The lowest BCUT2D eigenvalue weighted by molar-refractivity contribution is 0.0736. The number of hydrogen-bond donors (Lipinski definition) is 1. The summed E-state index contributed by atoms with van der Waals surface area (Å²) in [6.45, 7) is 5.43. The van der Waals surface area contributed by atoms with E-state index in [2.05, 4.69) is 5.32 Å². The standard InChI is InChI=1S/C20H21N3O3/c1-14-2-4-15(5-3-14)13-23-17-12-16(6-7-18(17)26-20(23)25)19(24)22-10-8-21-9-11-22/h2-7,12,21H,8-11,13H2,1H3. The van der Waals surface area contributed by atoms with E-state index in [4.69, 9.17) is 4.42 Å². The SMILES string of the molecule is Cc1ccc(Cn2c(=O)oc3ccc(C(=O)N4CCNCC4)cc32)cc1. The summed E-state index contributed by atoms with van der Waals surface area (Å²) >= 11 is 0. The van der Waals surface area contributed by atoms with E-state index in [1.54, 1.807) is 22.8 Å². The number of nitrogens with zero attached hydrogens (tertiary/aromatic N) is 2. The van der Waals surface area contributed by atoms with Crippen LogP contribution in [0.1, 0.15) is 21.5 Å². The Hall–Kier alpha value is -2.86. The zero-order valence-corrected chi connectivity index (χ0v) is 14.7. The second-order valence-corrected chi connectivity index (χ2v) is 6.66. The Labute approximate surface area is 151 Å². The van der Waals surface area contributed by atoms with Crippen molar-refractivity contribution in [2.24, 2.45) is 0 Å². The molecule has 2 aromatic carbocycles. The number of benzene rings is 2. The van der Waals surface area contributed by atoms with E-state index in [0.717, 1.165) is 18.7 Å². The predicted octanol–water partition coefficient (Wildman–Crippen LogP) is 2.00. The number of rotatable bonds is 3. The lowest BCUT2D eigenvalue weighted by atomic mass is 10.1. The van der Waals surface area contributed by atoms with E-state index in [1.165, 1.54) is 5.56 Å². The summed E-state index contributed by atoms with van der Waals surface area (Å²) in [5, 5.41) is 3.24. The molecule has 1 N–H and O–H groups in total. The van der Waals surface area contributed by atoms with Gasteiger partial charge in [-0.15, -0.1) is 0 Å². The Bertz CT molecular complexity index is 995. The van der Waals surface area contributed by atoms with E-state index in [1.807, 2.05) is 36.1 Å². The zero-order valence-electron chi connectivity index (χ0n) is 14.7. The minimum Gasteiger partial charge on any atom is -0.408 e. The van der Waals surface area contributed by atoms with Crippen molar-refractivity contribution in [3.63, 3.8) is 0 Å². The highest BCUT2D eigenvalue weighted by molar-refractivity contribution is 5.97. The highest BCUT2D eigenvalue weighted by atomic mass is 16.4. The summed E-state index contributed by atoms with van der Waals surface area (Å²) in [5.41, 5.74) is 3.91. The fourth-order valence-corrected chi connectivity index (χ4v) is 3.27.